The number of carbonyl (C=O) groups is 1. The molecule has 1 aromatic rings. The third-order valence-electron chi connectivity index (χ3n) is 2.48. The van der Waals surface area contributed by atoms with Gasteiger partial charge in [-0.2, -0.15) is 4.72 Å². The van der Waals surface area contributed by atoms with Crippen LogP contribution in [-0.4, -0.2) is 20.2 Å². The zero-order valence-electron chi connectivity index (χ0n) is 10.3. The average Bonchev–Trinajstić information content (AvgIpc) is 2.36. The first kappa shape index (κ1) is 14.4. The minimum atomic E-state index is -3.63. The fourth-order valence-electron chi connectivity index (χ4n) is 1.36. The summed E-state index contributed by atoms with van der Waals surface area (Å²) in [5.41, 5.74) is 0.470. The van der Waals surface area contributed by atoms with E-state index in [9.17, 15) is 13.2 Å². The van der Waals surface area contributed by atoms with E-state index < -0.39 is 16.1 Å². The van der Waals surface area contributed by atoms with Crippen molar-refractivity contribution >= 4 is 15.8 Å². The third-order valence-corrected chi connectivity index (χ3v) is 3.97. The second-order valence-electron chi connectivity index (χ2n) is 3.83. The molecule has 1 aromatic carbocycles. The molecule has 0 fully saturated rings. The number of rotatable bonds is 5. The van der Waals surface area contributed by atoms with E-state index in [1.807, 2.05) is 0 Å². The topological polar surface area (TPSA) is 63.2 Å². The highest BCUT2D eigenvalue weighted by molar-refractivity contribution is 7.89. The first-order valence-corrected chi connectivity index (χ1v) is 6.98. The lowest BCUT2D eigenvalue weighted by Gasteiger charge is -2.11. The Morgan fingerprint density at radius 2 is 1.94 bits per heavy atom. The van der Waals surface area contributed by atoms with Crippen LogP contribution in [0.3, 0.4) is 0 Å². The first-order valence-electron chi connectivity index (χ1n) is 5.50. The molecule has 0 aliphatic rings. The molecule has 0 saturated heterocycles. The Balaban J connectivity index is 2.99. The molecule has 0 radical (unpaired) electrons. The monoisotopic (exact) mass is 265 g/mol. The van der Waals surface area contributed by atoms with Gasteiger partial charge >= 0.3 is 0 Å². The van der Waals surface area contributed by atoms with Crippen molar-refractivity contribution < 1.29 is 13.2 Å². The van der Waals surface area contributed by atoms with Crippen molar-refractivity contribution in [1.29, 1.82) is 0 Å². The minimum absolute atomic E-state index is 0.0983. The molecule has 5 heteroatoms. The largest absolute Gasteiger partial charge is 0.295 e. The van der Waals surface area contributed by atoms with Gasteiger partial charge < -0.3 is 0 Å². The van der Waals surface area contributed by atoms with E-state index in [0.717, 1.165) is 0 Å². The summed E-state index contributed by atoms with van der Waals surface area (Å²) >= 11 is 0. The van der Waals surface area contributed by atoms with Gasteiger partial charge in [-0.3, -0.25) is 4.79 Å². The van der Waals surface area contributed by atoms with Crippen LogP contribution in [0.15, 0.2) is 29.2 Å². The maximum absolute atomic E-state index is 11.9. The predicted molar refractivity (Wildman–Crippen MR) is 69.7 cm³/mol. The standard InChI is InChI=1S/C13H15NO3S/c1-4-12(5-2)14-18(16,17)13-8-6-11(7-9-13)10(3)15/h1,6-9,12,14H,5H2,2-3H3. The van der Waals surface area contributed by atoms with Crippen LogP contribution in [0, 0.1) is 12.3 Å². The molecule has 0 amide bonds. The lowest BCUT2D eigenvalue weighted by molar-refractivity contribution is 0.101. The van der Waals surface area contributed by atoms with Crippen molar-refractivity contribution in [2.24, 2.45) is 0 Å². The van der Waals surface area contributed by atoms with E-state index >= 15 is 0 Å². The maximum atomic E-state index is 11.9. The summed E-state index contributed by atoms with van der Waals surface area (Å²) in [4.78, 5) is 11.2. The van der Waals surface area contributed by atoms with Gasteiger partial charge in [0.05, 0.1) is 10.9 Å². The highest BCUT2D eigenvalue weighted by Crippen LogP contribution is 2.11. The molecule has 0 saturated carbocycles. The van der Waals surface area contributed by atoms with Crippen molar-refractivity contribution in [3.63, 3.8) is 0 Å². The van der Waals surface area contributed by atoms with Gasteiger partial charge in [0.15, 0.2) is 5.78 Å². The fourth-order valence-corrected chi connectivity index (χ4v) is 2.60. The average molecular weight is 265 g/mol. The van der Waals surface area contributed by atoms with Crippen molar-refractivity contribution in [2.45, 2.75) is 31.2 Å². The number of ketones is 1. The Hall–Kier alpha value is -1.64. The summed E-state index contributed by atoms with van der Waals surface area (Å²) in [5, 5.41) is 0. The summed E-state index contributed by atoms with van der Waals surface area (Å²) in [6.45, 7) is 3.22. The van der Waals surface area contributed by atoms with E-state index in [1.165, 1.54) is 31.2 Å². The lowest BCUT2D eigenvalue weighted by Crippen LogP contribution is -2.33. The maximum Gasteiger partial charge on any atom is 0.241 e. The molecule has 4 nitrogen and oxygen atoms in total. The second-order valence-corrected chi connectivity index (χ2v) is 5.54. The van der Waals surface area contributed by atoms with Crippen molar-refractivity contribution in [2.75, 3.05) is 0 Å². The van der Waals surface area contributed by atoms with Crippen LogP contribution in [0.2, 0.25) is 0 Å². The first-order chi connectivity index (χ1) is 8.40. The second kappa shape index (κ2) is 5.80. The SMILES string of the molecule is C#CC(CC)NS(=O)(=O)c1ccc(C(C)=O)cc1. The molecule has 0 aliphatic carbocycles. The van der Waals surface area contributed by atoms with Crippen LogP contribution in [0.25, 0.3) is 0 Å². The molecule has 1 rings (SSSR count). The van der Waals surface area contributed by atoms with Gasteiger partial charge in [0.1, 0.15) is 0 Å². The summed E-state index contributed by atoms with van der Waals surface area (Å²) in [7, 11) is -3.63. The molecular formula is C13H15NO3S. The van der Waals surface area contributed by atoms with E-state index in [4.69, 9.17) is 6.42 Å². The molecule has 0 spiro atoms. The molecule has 1 atom stereocenters. The molecule has 1 unspecified atom stereocenters. The van der Waals surface area contributed by atoms with Crippen LogP contribution >= 0.6 is 0 Å². The van der Waals surface area contributed by atoms with Gasteiger partial charge in [-0.05, 0) is 25.5 Å². The Morgan fingerprint density at radius 1 is 1.39 bits per heavy atom. The number of carbonyl (C=O) groups excluding carboxylic acids is 1. The quantitative estimate of drug-likeness (QED) is 0.649. The zero-order chi connectivity index (χ0) is 13.8. The Kier molecular flexibility index (Phi) is 4.65. The number of terminal acetylenes is 1. The molecular weight excluding hydrogens is 250 g/mol. The number of hydrogen-bond donors (Lipinski definition) is 1. The summed E-state index contributed by atoms with van der Waals surface area (Å²) < 4.78 is 26.3. The molecule has 18 heavy (non-hydrogen) atoms. The van der Waals surface area contributed by atoms with Crippen LogP contribution in [0.1, 0.15) is 30.6 Å². The number of hydrogen-bond acceptors (Lipinski definition) is 3. The molecule has 0 aromatic heterocycles. The van der Waals surface area contributed by atoms with Crippen molar-refractivity contribution in [3.8, 4) is 12.3 Å². The smallest absolute Gasteiger partial charge is 0.241 e. The number of Topliss-reactive ketones (excluding diaryl/α,β-unsaturated/α-hetero) is 1. The van der Waals surface area contributed by atoms with Crippen LogP contribution in [-0.2, 0) is 10.0 Å². The van der Waals surface area contributed by atoms with Gasteiger partial charge in [-0.1, -0.05) is 25.0 Å². The summed E-state index contributed by atoms with van der Waals surface area (Å²) in [6, 6.07) is 5.22. The fraction of sp³-hybridized carbons (Fsp3) is 0.308. The van der Waals surface area contributed by atoms with Gasteiger partial charge in [-0.15, -0.1) is 6.42 Å². The Labute approximate surface area is 107 Å². The molecule has 96 valence electrons. The lowest BCUT2D eigenvalue weighted by atomic mass is 10.2. The van der Waals surface area contributed by atoms with Gasteiger partial charge in [0.25, 0.3) is 0 Å². The molecule has 0 heterocycles. The van der Waals surface area contributed by atoms with Crippen molar-refractivity contribution in [1.82, 2.24) is 4.72 Å². The Morgan fingerprint density at radius 3 is 2.33 bits per heavy atom. The molecule has 1 N–H and O–H groups in total. The number of benzene rings is 1. The third kappa shape index (κ3) is 3.42. The van der Waals surface area contributed by atoms with Gasteiger partial charge in [-0.25, -0.2) is 8.42 Å². The van der Waals surface area contributed by atoms with Gasteiger partial charge in [0, 0.05) is 5.56 Å². The highest BCUT2D eigenvalue weighted by Gasteiger charge is 2.17. The van der Waals surface area contributed by atoms with Crippen molar-refractivity contribution in [3.05, 3.63) is 29.8 Å². The van der Waals surface area contributed by atoms with E-state index in [2.05, 4.69) is 10.6 Å². The van der Waals surface area contributed by atoms with Crippen LogP contribution in [0.5, 0.6) is 0 Å². The summed E-state index contributed by atoms with van der Waals surface area (Å²) in [5.74, 6) is 2.25. The van der Waals surface area contributed by atoms with Crippen LogP contribution in [0.4, 0.5) is 0 Å². The molecule has 0 bridgehead atoms. The predicted octanol–water partition coefficient (Wildman–Crippen LogP) is 1.58. The number of nitrogens with one attached hydrogen (secondary N) is 1. The minimum Gasteiger partial charge on any atom is -0.295 e. The number of sulfonamides is 1. The van der Waals surface area contributed by atoms with Gasteiger partial charge in [0.2, 0.25) is 10.0 Å². The normalized spacial score (nSPS) is 12.7. The van der Waals surface area contributed by atoms with Crippen LogP contribution < -0.4 is 4.72 Å². The van der Waals surface area contributed by atoms with E-state index in [1.54, 1.807) is 6.92 Å². The Bertz CT molecular complexity index is 567. The zero-order valence-corrected chi connectivity index (χ0v) is 11.1. The summed E-state index contributed by atoms with van der Waals surface area (Å²) in [6.07, 6.45) is 5.73. The highest BCUT2D eigenvalue weighted by atomic mass is 32.2. The molecule has 0 aliphatic heterocycles. The van der Waals surface area contributed by atoms with E-state index in [0.29, 0.717) is 12.0 Å². The van der Waals surface area contributed by atoms with E-state index in [-0.39, 0.29) is 10.7 Å².